The fourth-order valence-electron chi connectivity index (χ4n) is 3.34. The molecule has 0 heterocycles. The Balaban J connectivity index is 1.96. The van der Waals surface area contributed by atoms with E-state index in [1.54, 1.807) is 0 Å². The molecule has 0 aliphatic heterocycles. The zero-order chi connectivity index (χ0) is 18.2. The summed E-state index contributed by atoms with van der Waals surface area (Å²) in [5.41, 5.74) is 3.06. The summed E-state index contributed by atoms with van der Waals surface area (Å²) in [4.78, 5) is 2.14. The van der Waals surface area contributed by atoms with Crippen LogP contribution in [0.5, 0.6) is 0 Å². The topological polar surface area (TPSA) is 43.7 Å². The first kappa shape index (κ1) is 18.3. The van der Waals surface area contributed by atoms with Gasteiger partial charge < -0.3 is 10.2 Å². The van der Waals surface area contributed by atoms with Crippen LogP contribution in [0.4, 0.5) is 0 Å². The van der Waals surface area contributed by atoms with Crippen LogP contribution in [0.1, 0.15) is 28.8 Å². The Morgan fingerprint density at radius 3 is 1.73 bits per heavy atom. The highest BCUT2D eigenvalue weighted by Gasteiger charge is 2.28. The molecule has 0 saturated carbocycles. The number of nitrogens with zero attached hydrogens (tertiary/aromatic N) is 1. The Kier molecular flexibility index (Phi) is 6.56. The molecule has 3 rings (SSSR count). The lowest BCUT2D eigenvalue weighted by atomic mass is 9.94. The van der Waals surface area contributed by atoms with Gasteiger partial charge in [0, 0.05) is 13.1 Å². The fourth-order valence-corrected chi connectivity index (χ4v) is 3.34. The maximum Gasteiger partial charge on any atom is 0.0986 e. The first-order chi connectivity index (χ1) is 12.8. The molecule has 26 heavy (non-hydrogen) atoms. The Morgan fingerprint density at radius 1 is 0.692 bits per heavy atom. The van der Waals surface area contributed by atoms with Gasteiger partial charge in [0.1, 0.15) is 0 Å². The summed E-state index contributed by atoms with van der Waals surface area (Å²) in [6.07, 6.45) is -0.686. The van der Waals surface area contributed by atoms with Gasteiger partial charge in [-0.05, 0) is 16.7 Å². The van der Waals surface area contributed by atoms with Crippen molar-refractivity contribution in [3.8, 4) is 0 Å². The fraction of sp³-hybridized carbons (Fsp3) is 0.217. The molecule has 0 spiro atoms. The zero-order valence-corrected chi connectivity index (χ0v) is 14.8. The Hall–Kier alpha value is -2.46. The molecule has 3 aromatic carbocycles. The van der Waals surface area contributed by atoms with Gasteiger partial charge in [-0.3, -0.25) is 4.90 Å². The SMILES string of the molecule is OCCN(Cc1ccccc1)[C@H](c1ccccc1)[C@@H](O)c1ccccc1. The highest BCUT2D eigenvalue weighted by molar-refractivity contribution is 5.27. The van der Waals surface area contributed by atoms with Crippen molar-refractivity contribution in [2.24, 2.45) is 0 Å². The van der Waals surface area contributed by atoms with Gasteiger partial charge in [-0.25, -0.2) is 0 Å². The summed E-state index contributed by atoms with van der Waals surface area (Å²) in [5.74, 6) is 0. The molecule has 0 fully saturated rings. The molecular formula is C23H25NO2. The van der Waals surface area contributed by atoms with Crippen LogP contribution in [0, 0.1) is 0 Å². The molecule has 134 valence electrons. The van der Waals surface area contributed by atoms with E-state index >= 15 is 0 Å². The standard InChI is InChI=1S/C23H25NO2/c25-17-16-24(18-19-10-4-1-5-11-19)22(20-12-6-2-7-13-20)23(26)21-14-8-3-9-15-21/h1-15,22-23,25-26H,16-18H2/t22-,23+/m1/s1. The van der Waals surface area contributed by atoms with E-state index in [0.29, 0.717) is 13.1 Å². The molecular weight excluding hydrogens is 322 g/mol. The third-order valence-corrected chi connectivity index (χ3v) is 4.59. The van der Waals surface area contributed by atoms with E-state index in [2.05, 4.69) is 17.0 Å². The highest BCUT2D eigenvalue weighted by atomic mass is 16.3. The Bertz CT molecular complexity index is 762. The van der Waals surface area contributed by atoms with Crippen LogP contribution < -0.4 is 0 Å². The van der Waals surface area contributed by atoms with Crippen LogP contribution >= 0.6 is 0 Å². The van der Waals surface area contributed by atoms with Gasteiger partial charge in [-0.15, -0.1) is 0 Å². The summed E-state index contributed by atoms with van der Waals surface area (Å²) in [6, 6.07) is 29.6. The second kappa shape index (κ2) is 9.30. The van der Waals surface area contributed by atoms with Crippen molar-refractivity contribution in [3.05, 3.63) is 108 Å². The van der Waals surface area contributed by atoms with Crippen molar-refractivity contribution >= 4 is 0 Å². The van der Waals surface area contributed by atoms with Crippen molar-refractivity contribution in [2.75, 3.05) is 13.2 Å². The van der Waals surface area contributed by atoms with Crippen LogP contribution in [0.2, 0.25) is 0 Å². The molecule has 0 radical (unpaired) electrons. The monoisotopic (exact) mass is 347 g/mol. The van der Waals surface area contributed by atoms with Crippen LogP contribution in [0.25, 0.3) is 0 Å². The van der Waals surface area contributed by atoms with Gasteiger partial charge in [-0.1, -0.05) is 91.0 Å². The van der Waals surface area contributed by atoms with Crippen molar-refractivity contribution in [1.29, 1.82) is 0 Å². The summed E-state index contributed by atoms with van der Waals surface area (Å²) in [7, 11) is 0. The summed E-state index contributed by atoms with van der Waals surface area (Å²) in [6.45, 7) is 1.18. The predicted octanol–water partition coefficient (Wildman–Crippen LogP) is 3.96. The quantitative estimate of drug-likeness (QED) is 0.648. The van der Waals surface area contributed by atoms with Gasteiger partial charge in [0.25, 0.3) is 0 Å². The molecule has 3 aromatic rings. The van der Waals surface area contributed by atoms with E-state index in [1.165, 1.54) is 0 Å². The van der Waals surface area contributed by atoms with Crippen molar-refractivity contribution in [3.63, 3.8) is 0 Å². The van der Waals surface area contributed by atoms with Gasteiger partial charge in [-0.2, -0.15) is 0 Å². The van der Waals surface area contributed by atoms with Gasteiger partial charge >= 0.3 is 0 Å². The minimum Gasteiger partial charge on any atom is -0.395 e. The molecule has 2 N–H and O–H groups in total. The lowest BCUT2D eigenvalue weighted by Crippen LogP contribution is -2.34. The highest BCUT2D eigenvalue weighted by Crippen LogP contribution is 2.34. The van der Waals surface area contributed by atoms with Crippen molar-refractivity contribution < 1.29 is 10.2 Å². The van der Waals surface area contributed by atoms with E-state index in [4.69, 9.17) is 0 Å². The van der Waals surface area contributed by atoms with Crippen LogP contribution in [0.3, 0.4) is 0 Å². The number of aliphatic hydroxyl groups excluding tert-OH is 2. The summed E-state index contributed by atoms with van der Waals surface area (Å²) >= 11 is 0. The van der Waals surface area contributed by atoms with E-state index in [0.717, 1.165) is 16.7 Å². The Labute approximate surface area is 155 Å². The molecule has 3 nitrogen and oxygen atoms in total. The van der Waals surface area contributed by atoms with Crippen LogP contribution in [0.15, 0.2) is 91.0 Å². The van der Waals surface area contributed by atoms with Crippen LogP contribution in [-0.2, 0) is 6.54 Å². The molecule has 3 heteroatoms. The van der Waals surface area contributed by atoms with Crippen molar-refractivity contribution in [2.45, 2.75) is 18.7 Å². The molecule has 0 bridgehead atoms. The lowest BCUT2D eigenvalue weighted by Gasteiger charge is -2.35. The molecule has 0 aliphatic rings. The molecule has 0 amide bonds. The molecule has 0 aromatic heterocycles. The summed E-state index contributed by atoms with van der Waals surface area (Å²) in [5, 5.41) is 20.8. The lowest BCUT2D eigenvalue weighted by molar-refractivity contribution is 0.0325. The first-order valence-corrected chi connectivity index (χ1v) is 8.96. The first-order valence-electron chi connectivity index (χ1n) is 8.96. The minimum atomic E-state index is -0.686. The van der Waals surface area contributed by atoms with E-state index in [-0.39, 0.29) is 12.6 Å². The third kappa shape index (κ3) is 4.58. The van der Waals surface area contributed by atoms with E-state index in [9.17, 15) is 10.2 Å². The minimum absolute atomic E-state index is 0.0394. The average molecular weight is 347 g/mol. The molecule has 2 atom stereocenters. The average Bonchev–Trinajstić information content (AvgIpc) is 2.70. The third-order valence-electron chi connectivity index (χ3n) is 4.59. The largest absolute Gasteiger partial charge is 0.395 e. The van der Waals surface area contributed by atoms with Gasteiger partial charge in [0.05, 0.1) is 18.8 Å². The number of hydrogen-bond acceptors (Lipinski definition) is 3. The smallest absolute Gasteiger partial charge is 0.0986 e. The second-order valence-electron chi connectivity index (χ2n) is 6.39. The Morgan fingerprint density at radius 2 is 1.19 bits per heavy atom. The van der Waals surface area contributed by atoms with Gasteiger partial charge in [0.15, 0.2) is 0 Å². The molecule has 0 saturated heterocycles. The maximum absolute atomic E-state index is 11.2. The van der Waals surface area contributed by atoms with Crippen molar-refractivity contribution in [1.82, 2.24) is 4.90 Å². The maximum atomic E-state index is 11.2. The number of hydrogen-bond donors (Lipinski definition) is 2. The molecule has 0 unspecified atom stereocenters. The number of benzene rings is 3. The number of aliphatic hydroxyl groups is 2. The van der Waals surface area contributed by atoms with Crippen LogP contribution in [-0.4, -0.2) is 28.3 Å². The number of rotatable bonds is 8. The van der Waals surface area contributed by atoms with E-state index in [1.807, 2.05) is 78.9 Å². The van der Waals surface area contributed by atoms with E-state index < -0.39 is 6.10 Å². The predicted molar refractivity (Wildman–Crippen MR) is 105 cm³/mol. The summed E-state index contributed by atoms with van der Waals surface area (Å²) < 4.78 is 0. The normalized spacial score (nSPS) is 13.5. The molecule has 0 aliphatic carbocycles. The zero-order valence-electron chi connectivity index (χ0n) is 14.8. The second-order valence-corrected chi connectivity index (χ2v) is 6.39. The van der Waals surface area contributed by atoms with Gasteiger partial charge in [0.2, 0.25) is 0 Å².